The fourth-order valence-electron chi connectivity index (χ4n) is 1.73. The van der Waals surface area contributed by atoms with E-state index in [1.165, 1.54) is 12.1 Å². The molecule has 3 N–H and O–H groups in total. The lowest BCUT2D eigenvalue weighted by molar-refractivity contribution is 0.627. The van der Waals surface area contributed by atoms with Gasteiger partial charge in [0.05, 0.1) is 0 Å². The zero-order valence-electron chi connectivity index (χ0n) is 10.6. The lowest BCUT2D eigenvalue weighted by Gasteiger charge is -2.06. The molecule has 0 spiro atoms. The van der Waals surface area contributed by atoms with Crippen LogP contribution in [0.15, 0.2) is 36.5 Å². The predicted octanol–water partition coefficient (Wildman–Crippen LogP) is 1.77. The molecule has 1 heterocycles. The number of aromatic nitrogens is 2. The monoisotopic (exact) mass is 260 g/mol. The molecule has 0 aliphatic rings. The summed E-state index contributed by atoms with van der Waals surface area (Å²) in [5.74, 6) is 1.33. The van der Waals surface area contributed by atoms with E-state index in [9.17, 15) is 4.39 Å². The molecular formula is C14H17FN4. The van der Waals surface area contributed by atoms with E-state index >= 15 is 0 Å². The van der Waals surface area contributed by atoms with Gasteiger partial charge in [-0.3, -0.25) is 0 Å². The maximum Gasteiger partial charge on any atom is 0.131 e. The van der Waals surface area contributed by atoms with E-state index in [1.54, 1.807) is 18.3 Å². The molecule has 0 atom stereocenters. The Kier molecular flexibility index (Phi) is 4.80. The van der Waals surface area contributed by atoms with Gasteiger partial charge in [-0.05, 0) is 36.7 Å². The van der Waals surface area contributed by atoms with Crippen LogP contribution in [-0.2, 0) is 12.8 Å². The fourth-order valence-corrected chi connectivity index (χ4v) is 1.73. The molecule has 2 aromatic rings. The first-order valence-corrected chi connectivity index (χ1v) is 6.28. The average Bonchev–Trinajstić information content (AvgIpc) is 2.42. The van der Waals surface area contributed by atoms with Crippen molar-refractivity contribution in [2.75, 3.05) is 18.4 Å². The van der Waals surface area contributed by atoms with E-state index < -0.39 is 0 Å². The number of nitrogens with zero attached hydrogens (tertiary/aromatic N) is 2. The van der Waals surface area contributed by atoms with Crippen LogP contribution in [0.3, 0.4) is 0 Å². The van der Waals surface area contributed by atoms with Crippen molar-refractivity contribution in [1.29, 1.82) is 0 Å². The molecular weight excluding hydrogens is 243 g/mol. The Hall–Kier alpha value is -2.01. The Morgan fingerprint density at radius 2 is 1.89 bits per heavy atom. The molecule has 0 aliphatic carbocycles. The van der Waals surface area contributed by atoms with Crippen LogP contribution < -0.4 is 11.1 Å². The lowest BCUT2D eigenvalue weighted by atomic mass is 10.1. The summed E-state index contributed by atoms with van der Waals surface area (Å²) in [6.45, 7) is 1.28. The third-order valence-electron chi connectivity index (χ3n) is 2.71. The highest BCUT2D eigenvalue weighted by molar-refractivity contribution is 5.33. The standard InChI is InChI=1S/C14H17FN4/c15-12-3-1-11(2-4-12)6-9-17-14-7-10-18-13(19-14)5-8-16/h1-4,7,10H,5-6,8-9,16H2,(H,17,18,19). The first-order chi connectivity index (χ1) is 9.28. The highest BCUT2D eigenvalue weighted by atomic mass is 19.1. The smallest absolute Gasteiger partial charge is 0.131 e. The third-order valence-corrected chi connectivity index (χ3v) is 2.71. The molecule has 0 bridgehead atoms. The van der Waals surface area contributed by atoms with Gasteiger partial charge in [-0.2, -0.15) is 0 Å². The van der Waals surface area contributed by atoms with Gasteiger partial charge in [-0.15, -0.1) is 0 Å². The van der Waals surface area contributed by atoms with E-state index in [-0.39, 0.29) is 5.82 Å². The van der Waals surface area contributed by atoms with Crippen molar-refractivity contribution in [3.63, 3.8) is 0 Å². The number of rotatable bonds is 6. The third kappa shape index (κ3) is 4.30. The number of hydrogen-bond acceptors (Lipinski definition) is 4. The Bertz CT molecular complexity index is 513. The van der Waals surface area contributed by atoms with Crippen LogP contribution in [0.25, 0.3) is 0 Å². The maximum absolute atomic E-state index is 12.7. The van der Waals surface area contributed by atoms with Crippen LogP contribution in [0.5, 0.6) is 0 Å². The molecule has 2 rings (SSSR count). The second kappa shape index (κ2) is 6.80. The topological polar surface area (TPSA) is 63.8 Å². The molecule has 0 saturated carbocycles. The van der Waals surface area contributed by atoms with Gasteiger partial charge in [-0.1, -0.05) is 12.1 Å². The van der Waals surface area contributed by atoms with Crippen molar-refractivity contribution in [1.82, 2.24) is 9.97 Å². The van der Waals surface area contributed by atoms with Gasteiger partial charge < -0.3 is 11.1 Å². The molecule has 19 heavy (non-hydrogen) atoms. The van der Waals surface area contributed by atoms with Crippen molar-refractivity contribution in [2.24, 2.45) is 5.73 Å². The van der Waals surface area contributed by atoms with Crippen LogP contribution in [0.4, 0.5) is 10.2 Å². The number of benzene rings is 1. The number of halogens is 1. The number of hydrogen-bond donors (Lipinski definition) is 2. The highest BCUT2D eigenvalue weighted by Crippen LogP contribution is 2.05. The zero-order chi connectivity index (χ0) is 13.5. The molecule has 0 radical (unpaired) electrons. The summed E-state index contributed by atoms with van der Waals surface area (Å²) in [4.78, 5) is 8.48. The molecule has 5 heteroatoms. The van der Waals surface area contributed by atoms with Crippen molar-refractivity contribution in [3.05, 3.63) is 53.7 Å². The van der Waals surface area contributed by atoms with Crippen molar-refractivity contribution in [3.8, 4) is 0 Å². The summed E-state index contributed by atoms with van der Waals surface area (Å²) in [7, 11) is 0. The summed E-state index contributed by atoms with van der Waals surface area (Å²) >= 11 is 0. The van der Waals surface area contributed by atoms with Gasteiger partial charge in [-0.25, -0.2) is 14.4 Å². The minimum Gasteiger partial charge on any atom is -0.370 e. The Morgan fingerprint density at radius 1 is 1.11 bits per heavy atom. The van der Waals surface area contributed by atoms with Gasteiger partial charge in [0.15, 0.2) is 0 Å². The minimum atomic E-state index is -0.209. The van der Waals surface area contributed by atoms with E-state index in [0.29, 0.717) is 13.0 Å². The number of anilines is 1. The van der Waals surface area contributed by atoms with Crippen LogP contribution in [0.2, 0.25) is 0 Å². The highest BCUT2D eigenvalue weighted by Gasteiger charge is 1.99. The van der Waals surface area contributed by atoms with Crippen LogP contribution in [-0.4, -0.2) is 23.1 Å². The molecule has 0 aliphatic heterocycles. The molecule has 4 nitrogen and oxygen atoms in total. The lowest BCUT2D eigenvalue weighted by Crippen LogP contribution is -2.10. The SMILES string of the molecule is NCCc1nccc(NCCc2ccc(F)cc2)n1. The molecule has 1 aromatic carbocycles. The fraction of sp³-hybridized carbons (Fsp3) is 0.286. The minimum absolute atomic E-state index is 0.209. The predicted molar refractivity (Wildman–Crippen MR) is 73.4 cm³/mol. The Morgan fingerprint density at radius 3 is 2.63 bits per heavy atom. The van der Waals surface area contributed by atoms with Crippen molar-refractivity contribution in [2.45, 2.75) is 12.8 Å². The molecule has 100 valence electrons. The zero-order valence-corrected chi connectivity index (χ0v) is 10.6. The summed E-state index contributed by atoms with van der Waals surface area (Å²) in [6.07, 6.45) is 3.21. The second-order valence-electron chi connectivity index (χ2n) is 4.20. The normalized spacial score (nSPS) is 10.4. The quantitative estimate of drug-likeness (QED) is 0.831. The Balaban J connectivity index is 1.85. The van der Waals surface area contributed by atoms with Crippen molar-refractivity contribution >= 4 is 5.82 Å². The first-order valence-electron chi connectivity index (χ1n) is 6.28. The summed E-state index contributed by atoms with van der Waals surface area (Å²) in [5, 5.41) is 3.22. The molecule has 0 fully saturated rings. The summed E-state index contributed by atoms with van der Waals surface area (Å²) in [5.41, 5.74) is 6.56. The van der Waals surface area contributed by atoms with E-state index in [2.05, 4.69) is 15.3 Å². The van der Waals surface area contributed by atoms with E-state index in [4.69, 9.17) is 5.73 Å². The van der Waals surface area contributed by atoms with Crippen LogP contribution in [0, 0.1) is 5.82 Å². The summed E-state index contributed by atoms with van der Waals surface area (Å²) in [6, 6.07) is 8.34. The summed E-state index contributed by atoms with van der Waals surface area (Å²) < 4.78 is 12.7. The van der Waals surface area contributed by atoms with Gasteiger partial charge in [0, 0.05) is 19.2 Å². The van der Waals surface area contributed by atoms with Gasteiger partial charge >= 0.3 is 0 Å². The molecule has 0 amide bonds. The molecule has 1 aromatic heterocycles. The molecule has 0 unspecified atom stereocenters. The second-order valence-corrected chi connectivity index (χ2v) is 4.20. The van der Waals surface area contributed by atoms with Crippen LogP contribution in [0.1, 0.15) is 11.4 Å². The van der Waals surface area contributed by atoms with Crippen molar-refractivity contribution < 1.29 is 4.39 Å². The Labute approximate surface area is 111 Å². The van der Waals surface area contributed by atoms with Gasteiger partial charge in [0.2, 0.25) is 0 Å². The number of nitrogens with two attached hydrogens (primary N) is 1. The first kappa shape index (κ1) is 13.4. The van der Waals surface area contributed by atoms with E-state index in [1.807, 2.05) is 6.07 Å². The van der Waals surface area contributed by atoms with Gasteiger partial charge in [0.1, 0.15) is 17.5 Å². The average molecular weight is 260 g/mol. The maximum atomic E-state index is 12.7. The molecule has 0 saturated heterocycles. The van der Waals surface area contributed by atoms with Crippen LogP contribution >= 0.6 is 0 Å². The van der Waals surface area contributed by atoms with E-state index in [0.717, 1.165) is 30.2 Å². The largest absolute Gasteiger partial charge is 0.370 e. The van der Waals surface area contributed by atoms with Gasteiger partial charge in [0.25, 0.3) is 0 Å². The number of nitrogens with one attached hydrogen (secondary N) is 1.